The molecule has 3 rings (SSSR count). The predicted molar refractivity (Wildman–Crippen MR) is 92.9 cm³/mol. The number of pyridine rings is 1. The maximum Gasteiger partial charge on any atom is 0.229 e. The van der Waals surface area contributed by atoms with Crippen molar-refractivity contribution >= 4 is 23.3 Å². The first-order chi connectivity index (χ1) is 11.5. The van der Waals surface area contributed by atoms with Crippen LogP contribution in [0.2, 0.25) is 0 Å². The molecule has 1 unspecified atom stereocenters. The summed E-state index contributed by atoms with van der Waals surface area (Å²) < 4.78 is 0. The summed E-state index contributed by atoms with van der Waals surface area (Å²) in [6.07, 6.45) is 2.79. The molecular weight excluding hydrogens is 306 g/mol. The number of amides is 2. The van der Waals surface area contributed by atoms with E-state index in [2.05, 4.69) is 27.1 Å². The number of nitrogens with zero attached hydrogens (tertiary/aromatic N) is 4. The van der Waals surface area contributed by atoms with Crippen LogP contribution in [-0.4, -0.2) is 73.4 Å². The molecule has 24 heavy (non-hydrogen) atoms. The lowest BCUT2D eigenvalue weighted by molar-refractivity contribution is -0.137. The summed E-state index contributed by atoms with van der Waals surface area (Å²) in [5.41, 5.74) is 1.08. The molecule has 0 saturated carbocycles. The Morgan fingerprint density at radius 2 is 1.92 bits per heavy atom. The molecule has 0 aliphatic carbocycles. The highest BCUT2D eigenvalue weighted by Crippen LogP contribution is 2.20. The topological polar surface area (TPSA) is 68.8 Å². The zero-order valence-corrected chi connectivity index (χ0v) is 14.4. The molecule has 7 heteroatoms. The van der Waals surface area contributed by atoms with Crippen LogP contribution in [0, 0.1) is 5.92 Å². The number of carbonyl (C=O) groups excluding carboxylic acids is 2. The molecule has 3 heterocycles. The number of nitrogens with one attached hydrogen (secondary N) is 1. The predicted octanol–water partition coefficient (Wildman–Crippen LogP) is 0.640. The normalized spacial score (nSPS) is 22.6. The van der Waals surface area contributed by atoms with E-state index >= 15 is 0 Å². The van der Waals surface area contributed by atoms with Gasteiger partial charge in [0, 0.05) is 52.1 Å². The number of aromatic nitrogens is 1. The van der Waals surface area contributed by atoms with Crippen molar-refractivity contribution in [3.8, 4) is 0 Å². The maximum atomic E-state index is 12.3. The quantitative estimate of drug-likeness (QED) is 0.880. The van der Waals surface area contributed by atoms with Gasteiger partial charge in [-0.15, -0.1) is 0 Å². The van der Waals surface area contributed by atoms with Gasteiger partial charge in [0.25, 0.3) is 0 Å². The minimum atomic E-state index is -0.257. The number of piperazine rings is 1. The van der Waals surface area contributed by atoms with Crippen LogP contribution >= 0.6 is 0 Å². The number of carbonyl (C=O) groups is 2. The Hall–Kier alpha value is -2.15. The van der Waals surface area contributed by atoms with Crippen LogP contribution in [0.5, 0.6) is 0 Å². The van der Waals surface area contributed by atoms with Crippen molar-refractivity contribution in [3.63, 3.8) is 0 Å². The van der Waals surface area contributed by atoms with E-state index in [1.807, 2.05) is 12.1 Å². The van der Waals surface area contributed by atoms with Gasteiger partial charge >= 0.3 is 0 Å². The molecular formula is C17H25N5O2. The fourth-order valence-electron chi connectivity index (χ4n) is 3.11. The summed E-state index contributed by atoms with van der Waals surface area (Å²) in [6.45, 7) is 4.70. The van der Waals surface area contributed by atoms with E-state index in [9.17, 15) is 9.59 Å². The van der Waals surface area contributed by atoms with E-state index in [4.69, 9.17) is 0 Å². The Balaban J connectivity index is 1.56. The molecule has 7 nitrogen and oxygen atoms in total. The van der Waals surface area contributed by atoms with Gasteiger partial charge in [-0.1, -0.05) is 0 Å². The molecule has 0 radical (unpaired) electrons. The van der Waals surface area contributed by atoms with Gasteiger partial charge in [-0.25, -0.2) is 4.98 Å². The third-order valence-corrected chi connectivity index (χ3v) is 4.90. The molecule has 0 bridgehead atoms. The van der Waals surface area contributed by atoms with Crippen molar-refractivity contribution in [1.82, 2.24) is 14.8 Å². The number of rotatable bonds is 3. The van der Waals surface area contributed by atoms with E-state index < -0.39 is 0 Å². The molecule has 2 fully saturated rings. The largest absolute Gasteiger partial charge is 0.368 e. The minimum absolute atomic E-state index is 0.0276. The zero-order chi connectivity index (χ0) is 17.1. The molecule has 1 atom stereocenters. The van der Waals surface area contributed by atoms with Crippen molar-refractivity contribution in [3.05, 3.63) is 18.3 Å². The number of likely N-dealkylation sites (tertiary alicyclic amines) is 1. The van der Waals surface area contributed by atoms with Crippen LogP contribution < -0.4 is 10.2 Å². The van der Waals surface area contributed by atoms with E-state index in [-0.39, 0.29) is 24.2 Å². The minimum Gasteiger partial charge on any atom is -0.368 e. The molecule has 2 aliphatic heterocycles. The van der Waals surface area contributed by atoms with Crippen molar-refractivity contribution in [2.45, 2.75) is 12.8 Å². The fraction of sp³-hybridized carbons (Fsp3) is 0.588. The molecule has 0 spiro atoms. The maximum absolute atomic E-state index is 12.3. The number of hydrogen-bond donors (Lipinski definition) is 1. The number of piperidine rings is 1. The molecule has 2 amide bonds. The van der Waals surface area contributed by atoms with Crippen molar-refractivity contribution in [1.29, 1.82) is 0 Å². The highest BCUT2D eigenvalue weighted by molar-refractivity contribution is 5.95. The number of anilines is 2. The first-order valence-electron chi connectivity index (χ1n) is 8.47. The SMILES string of the molecule is CN1CCN(c2ccc(NC(=O)C3CCN(C)C(=O)C3)nc2)CC1. The van der Waals surface area contributed by atoms with Gasteiger partial charge in [0.1, 0.15) is 5.82 Å². The van der Waals surface area contributed by atoms with Gasteiger partial charge in [0.2, 0.25) is 11.8 Å². The molecule has 1 aromatic rings. The Labute approximate surface area is 142 Å². The van der Waals surface area contributed by atoms with Gasteiger partial charge in [0.15, 0.2) is 0 Å². The van der Waals surface area contributed by atoms with Crippen molar-refractivity contribution in [2.75, 3.05) is 57.0 Å². The smallest absolute Gasteiger partial charge is 0.229 e. The second kappa shape index (κ2) is 7.17. The standard InChI is InChI=1S/C17H25N5O2/c1-20-7-9-22(10-8-20)14-3-4-15(18-12-14)19-17(24)13-5-6-21(2)16(23)11-13/h3-4,12-13H,5-11H2,1-2H3,(H,18,19,24). The summed E-state index contributed by atoms with van der Waals surface area (Å²) in [5, 5.41) is 2.84. The number of hydrogen-bond acceptors (Lipinski definition) is 5. The molecule has 0 aromatic carbocycles. The van der Waals surface area contributed by atoms with Gasteiger partial charge in [-0.3, -0.25) is 9.59 Å². The first kappa shape index (κ1) is 16.7. The zero-order valence-electron chi connectivity index (χ0n) is 14.4. The summed E-state index contributed by atoms with van der Waals surface area (Å²) >= 11 is 0. The molecule has 2 aliphatic rings. The fourth-order valence-corrected chi connectivity index (χ4v) is 3.11. The Kier molecular flexibility index (Phi) is 4.99. The summed E-state index contributed by atoms with van der Waals surface area (Å²) in [5.74, 6) is 0.202. The molecule has 130 valence electrons. The van der Waals surface area contributed by atoms with Crippen molar-refractivity contribution in [2.24, 2.45) is 5.92 Å². The van der Waals surface area contributed by atoms with Gasteiger partial charge in [-0.05, 0) is 25.6 Å². The lowest BCUT2D eigenvalue weighted by Gasteiger charge is -2.33. The van der Waals surface area contributed by atoms with Crippen LogP contribution in [0.1, 0.15) is 12.8 Å². The Morgan fingerprint density at radius 1 is 1.17 bits per heavy atom. The van der Waals surface area contributed by atoms with E-state index in [0.29, 0.717) is 18.8 Å². The average Bonchev–Trinajstić information content (AvgIpc) is 2.59. The Morgan fingerprint density at radius 3 is 2.54 bits per heavy atom. The van der Waals surface area contributed by atoms with Gasteiger partial charge < -0.3 is 20.0 Å². The highest BCUT2D eigenvalue weighted by atomic mass is 16.2. The molecule has 1 aromatic heterocycles. The second-order valence-corrected chi connectivity index (χ2v) is 6.69. The van der Waals surface area contributed by atoms with E-state index in [1.54, 1.807) is 18.1 Å². The second-order valence-electron chi connectivity index (χ2n) is 6.69. The lowest BCUT2D eigenvalue weighted by Crippen LogP contribution is -2.44. The molecule has 1 N–H and O–H groups in total. The van der Waals surface area contributed by atoms with Crippen LogP contribution in [0.25, 0.3) is 0 Å². The first-order valence-corrected chi connectivity index (χ1v) is 8.47. The summed E-state index contributed by atoms with van der Waals surface area (Å²) in [4.78, 5) is 34.7. The summed E-state index contributed by atoms with van der Waals surface area (Å²) in [7, 11) is 3.90. The van der Waals surface area contributed by atoms with Crippen LogP contribution in [-0.2, 0) is 9.59 Å². The third kappa shape index (κ3) is 3.84. The summed E-state index contributed by atoms with van der Waals surface area (Å²) in [6, 6.07) is 3.83. The van der Waals surface area contributed by atoms with Crippen LogP contribution in [0.3, 0.4) is 0 Å². The third-order valence-electron chi connectivity index (χ3n) is 4.90. The number of likely N-dealkylation sites (N-methyl/N-ethyl adjacent to an activating group) is 1. The van der Waals surface area contributed by atoms with E-state index in [1.165, 1.54) is 0 Å². The Bertz CT molecular complexity index is 596. The monoisotopic (exact) mass is 331 g/mol. The van der Waals surface area contributed by atoms with Gasteiger partial charge in [0.05, 0.1) is 11.9 Å². The molecule has 2 saturated heterocycles. The van der Waals surface area contributed by atoms with Crippen LogP contribution in [0.4, 0.5) is 11.5 Å². The van der Waals surface area contributed by atoms with Crippen LogP contribution in [0.15, 0.2) is 18.3 Å². The van der Waals surface area contributed by atoms with Gasteiger partial charge in [-0.2, -0.15) is 0 Å². The highest BCUT2D eigenvalue weighted by Gasteiger charge is 2.28. The lowest BCUT2D eigenvalue weighted by atomic mass is 9.96. The van der Waals surface area contributed by atoms with E-state index in [0.717, 1.165) is 31.9 Å². The average molecular weight is 331 g/mol. The van der Waals surface area contributed by atoms with Crippen molar-refractivity contribution < 1.29 is 9.59 Å².